The van der Waals surface area contributed by atoms with E-state index >= 15 is 0 Å². The van der Waals surface area contributed by atoms with Crippen molar-refractivity contribution >= 4 is 5.91 Å². The first-order valence-electron chi connectivity index (χ1n) is 5.71. The molecule has 0 radical (unpaired) electrons. The van der Waals surface area contributed by atoms with E-state index in [2.05, 4.69) is 11.2 Å². The predicted molar refractivity (Wildman–Crippen MR) is 69.6 cm³/mol. The molecule has 1 aromatic carbocycles. The molecule has 1 rings (SSSR count). The van der Waals surface area contributed by atoms with Crippen LogP contribution in [0.2, 0.25) is 0 Å². The molecule has 3 N–H and O–H groups in total. The number of benzene rings is 1. The molecule has 0 bridgehead atoms. The van der Waals surface area contributed by atoms with Gasteiger partial charge in [0.2, 0.25) is 0 Å². The number of carbonyl (C=O) groups excluding carboxylic acids is 1. The molecule has 0 spiro atoms. The van der Waals surface area contributed by atoms with Crippen molar-refractivity contribution in [2.24, 2.45) is 5.73 Å². The highest BCUT2D eigenvalue weighted by atomic mass is 16.1. The minimum Gasteiger partial charge on any atom is -0.349 e. The first kappa shape index (κ1) is 13.3. The number of carbonyl (C=O) groups is 1. The SMILES string of the molecule is C#CCC(C)NC(=O)c1ccccc1CCN. The van der Waals surface area contributed by atoms with Crippen molar-refractivity contribution < 1.29 is 4.79 Å². The van der Waals surface area contributed by atoms with E-state index in [0.29, 0.717) is 24.9 Å². The summed E-state index contributed by atoms with van der Waals surface area (Å²) < 4.78 is 0. The number of hydrogen-bond acceptors (Lipinski definition) is 2. The summed E-state index contributed by atoms with van der Waals surface area (Å²) in [6.07, 6.45) is 6.44. The van der Waals surface area contributed by atoms with Crippen molar-refractivity contribution in [3.8, 4) is 12.3 Å². The zero-order valence-electron chi connectivity index (χ0n) is 10.1. The molecule has 3 heteroatoms. The van der Waals surface area contributed by atoms with Gasteiger partial charge in [-0.15, -0.1) is 12.3 Å². The lowest BCUT2D eigenvalue weighted by Gasteiger charge is -2.13. The van der Waals surface area contributed by atoms with E-state index < -0.39 is 0 Å². The summed E-state index contributed by atoms with van der Waals surface area (Å²) in [5.74, 6) is 2.44. The summed E-state index contributed by atoms with van der Waals surface area (Å²) in [6, 6.07) is 7.47. The second kappa shape index (κ2) is 6.72. The van der Waals surface area contributed by atoms with Crippen molar-refractivity contribution in [1.29, 1.82) is 0 Å². The molecule has 1 aromatic rings. The maximum atomic E-state index is 12.0. The van der Waals surface area contributed by atoms with Crippen LogP contribution in [-0.4, -0.2) is 18.5 Å². The molecule has 90 valence electrons. The Hall–Kier alpha value is -1.79. The third kappa shape index (κ3) is 3.93. The second-order valence-corrected chi connectivity index (χ2v) is 3.98. The average Bonchev–Trinajstić information content (AvgIpc) is 2.30. The normalized spacial score (nSPS) is 11.6. The number of terminal acetylenes is 1. The summed E-state index contributed by atoms with van der Waals surface area (Å²) >= 11 is 0. The van der Waals surface area contributed by atoms with Gasteiger partial charge < -0.3 is 11.1 Å². The Kier molecular flexibility index (Phi) is 5.25. The summed E-state index contributed by atoms with van der Waals surface area (Å²) in [5.41, 5.74) is 7.18. The highest BCUT2D eigenvalue weighted by Crippen LogP contribution is 2.09. The molecule has 1 amide bonds. The Bertz CT molecular complexity index is 420. The van der Waals surface area contributed by atoms with Crippen LogP contribution in [-0.2, 0) is 6.42 Å². The van der Waals surface area contributed by atoms with E-state index in [9.17, 15) is 4.79 Å². The highest BCUT2D eigenvalue weighted by Gasteiger charge is 2.12. The van der Waals surface area contributed by atoms with E-state index in [1.807, 2.05) is 31.2 Å². The molecule has 1 atom stereocenters. The van der Waals surface area contributed by atoms with Gasteiger partial charge in [-0.05, 0) is 31.5 Å². The maximum absolute atomic E-state index is 12.0. The number of nitrogens with two attached hydrogens (primary N) is 1. The summed E-state index contributed by atoms with van der Waals surface area (Å²) in [5, 5.41) is 2.87. The fraction of sp³-hybridized carbons (Fsp3) is 0.357. The van der Waals surface area contributed by atoms with Crippen LogP contribution in [0.5, 0.6) is 0 Å². The molecule has 17 heavy (non-hydrogen) atoms. The Morgan fingerprint density at radius 2 is 2.24 bits per heavy atom. The van der Waals surface area contributed by atoms with Crippen LogP contribution < -0.4 is 11.1 Å². The lowest BCUT2D eigenvalue weighted by atomic mass is 10.0. The van der Waals surface area contributed by atoms with Gasteiger partial charge in [-0.25, -0.2) is 0 Å². The second-order valence-electron chi connectivity index (χ2n) is 3.98. The molecule has 0 aromatic heterocycles. The van der Waals surface area contributed by atoms with Gasteiger partial charge in [0.15, 0.2) is 0 Å². The van der Waals surface area contributed by atoms with Gasteiger partial charge in [0.1, 0.15) is 0 Å². The maximum Gasteiger partial charge on any atom is 0.251 e. The number of nitrogens with one attached hydrogen (secondary N) is 1. The quantitative estimate of drug-likeness (QED) is 0.750. The van der Waals surface area contributed by atoms with Gasteiger partial charge >= 0.3 is 0 Å². The fourth-order valence-corrected chi connectivity index (χ4v) is 1.64. The minimum atomic E-state index is -0.0863. The van der Waals surface area contributed by atoms with E-state index in [1.165, 1.54) is 0 Å². The standard InChI is InChI=1S/C14H18N2O/c1-3-6-11(2)16-14(17)13-8-5-4-7-12(13)9-10-15/h1,4-5,7-8,11H,6,9-10,15H2,2H3,(H,16,17). The first-order valence-corrected chi connectivity index (χ1v) is 5.71. The van der Waals surface area contributed by atoms with Crippen LogP contribution in [0.25, 0.3) is 0 Å². The Balaban J connectivity index is 2.78. The molecular formula is C14H18N2O. The van der Waals surface area contributed by atoms with Gasteiger partial charge in [-0.1, -0.05) is 18.2 Å². The molecule has 1 unspecified atom stereocenters. The first-order chi connectivity index (χ1) is 8.19. The van der Waals surface area contributed by atoms with Gasteiger partial charge in [-0.2, -0.15) is 0 Å². The largest absolute Gasteiger partial charge is 0.349 e. The van der Waals surface area contributed by atoms with Crippen LogP contribution >= 0.6 is 0 Å². The van der Waals surface area contributed by atoms with Crippen LogP contribution in [0.4, 0.5) is 0 Å². The molecule has 0 heterocycles. The summed E-state index contributed by atoms with van der Waals surface area (Å²) in [6.45, 7) is 2.42. The van der Waals surface area contributed by atoms with E-state index in [0.717, 1.165) is 5.56 Å². The molecule has 0 aliphatic heterocycles. The fourth-order valence-electron chi connectivity index (χ4n) is 1.64. The van der Waals surface area contributed by atoms with Crippen LogP contribution in [0.15, 0.2) is 24.3 Å². The van der Waals surface area contributed by atoms with Crippen molar-refractivity contribution in [2.75, 3.05) is 6.54 Å². The van der Waals surface area contributed by atoms with Crippen molar-refractivity contribution in [1.82, 2.24) is 5.32 Å². The van der Waals surface area contributed by atoms with E-state index in [-0.39, 0.29) is 11.9 Å². The number of rotatable bonds is 5. The smallest absolute Gasteiger partial charge is 0.251 e. The zero-order valence-corrected chi connectivity index (χ0v) is 10.1. The minimum absolute atomic E-state index is 0.0153. The van der Waals surface area contributed by atoms with Crippen LogP contribution in [0, 0.1) is 12.3 Å². The lowest BCUT2D eigenvalue weighted by molar-refractivity contribution is 0.0940. The number of amides is 1. The summed E-state index contributed by atoms with van der Waals surface area (Å²) in [7, 11) is 0. The topological polar surface area (TPSA) is 55.1 Å². The Morgan fingerprint density at radius 3 is 2.88 bits per heavy atom. The van der Waals surface area contributed by atoms with Gasteiger partial charge in [0.25, 0.3) is 5.91 Å². The molecule has 0 saturated carbocycles. The Labute approximate surface area is 102 Å². The molecule has 0 fully saturated rings. The van der Waals surface area contributed by atoms with Crippen LogP contribution in [0.3, 0.4) is 0 Å². The van der Waals surface area contributed by atoms with Crippen LogP contribution in [0.1, 0.15) is 29.3 Å². The zero-order chi connectivity index (χ0) is 12.7. The number of hydrogen-bond donors (Lipinski definition) is 2. The molecule has 0 aliphatic carbocycles. The lowest BCUT2D eigenvalue weighted by Crippen LogP contribution is -2.33. The van der Waals surface area contributed by atoms with Gasteiger partial charge in [-0.3, -0.25) is 4.79 Å². The van der Waals surface area contributed by atoms with Gasteiger partial charge in [0, 0.05) is 18.0 Å². The van der Waals surface area contributed by atoms with Crippen molar-refractivity contribution in [3.63, 3.8) is 0 Å². The Morgan fingerprint density at radius 1 is 1.53 bits per heavy atom. The molecular weight excluding hydrogens is 212 g/mol. The third-order valence-electron chi connectivity index (χ3n) is 2.48. The van der Waals surface area contributed by atoms with E-state index in [4.69, 9.17) is 12.2 Å². The monoisotopic (exact) mass is 230 g/mol. The van der Waals surface area contributed by atoms with Gasteiger partial charge in [0.05, 0.1) is 0 Å². The average molecular weight is 230 g/mol. The predicted octanol–water partition coefficient (Wildman–Crippen LogP) is 1.33. The van der Waals surface area contributed by atoms with E-state index in [1.54, 1.807) is 0 Å². The third-order valence-corrected chi connectivity index (χ3v) is 2.48. The molecule has 0 aliphatic rings. The van der Waals surface area contributed by atoms with Crippen molar-refractivity contribution in [2.45, 2.75) is 25.8 Å². The highest BCUT2D eigenvalue weighted by molar-refractivity contribution is 5.95. The summed E-state index contributed by atoms with van der Waals surface area (Å²) in [4.78, 5) is 12.0. The molecule has 0 saturated heterocycles. The van der Waals surface area contributed by atoms with Crippen molar-refractivity contribution in [3.05, 3.63) is 35.4 Å². The molecule has 3 nitrogen and oxygen atoms in total.